The van der Waals surface area contributed by atoms with E-state index >= 15 is 0 Å². The molecule has 120 valence electrons. The number of hydrogen-bond donors (Lipinski definition) is 2. The highest BCUT2D eigenvalue weighted by Gasteiger charge is 2.36. The molecule has 0 aliphatic heterocycles. The molecule has 2 aromatic rings. The lowest BCUT2D eigenvalue weighted by atomic mass is 9.80. The SMILES string of the molecule is CC(C)(C)c1cc(S(=O)(=O)NC2CC(c3ncc[nH]3)C2)on1. The van der Waals surface area contributed by atoms with Crippen molar-refractivity contribution in [1.29, 1.82) is 0 Å². The number of nitrogens with zero attached hydrogens (tertiary/aromatic N) is 2. The highest BCUT2D eigenvalue weighted by Crippen LogP contribution is 2.35. The quantitative estimate of drug-likeness (QED) is 0.895. The first kappa shape index (κ1) is 15.2. The van der Waals surface area contributed by atoms with E-state index < -0.39 is 10.0 Å². The van der Waals surface area contributed by atoms with E-state index in [1.54, 1.807) is 12.4 Å². The molecule has 2 N–H and O–H groups in total. The van der Waals surface area contributed by atoms with Crippen LogP contribution in [-0.2, 0) is 15.4 Å². The highest BCUT2D eigenvalue weighted by atomic mass is 32.2. The number of hydrogen-bond acceptors (Lipinski definition) is 5. The minimum atomic E-state index is -3.66. The van der Waals surface area contributed by atoms with Crippen LogP contribution in [0.5, 0.6) is 0 Å². The number of sulfonamides is 1. The Hall–Kier alpha value is -1.67. The number of imidazole rings is 1. The summed E-state index contributed by atoms with van der Waals surface area (Å²) in [7, 11) is -3.66. The number of aromatic nitrogens is 3. The Kier molecular flexibility index (Phi) is 3.60. The minimum absolute atomic E-state index is 0.0942. The second-order valence-corrected chi connectivity index (χ2v) is 8.39. The van der Waals surface area contributed by atoms with Gasteiger partial charge in [0, 0.05) is 35.8 Å². The molecule has 1 aliphatic carbocycles. The molecule has 1 fully saturated rings. The van der Waals surface area contributed by atoms with Gasteiger partial charge in [0.25, 0.3) is 15.1 Å². The molecule has 0 bridgehead atoms. The second-order valence-electron chi connectivity index (χ2n) is 6.74. The molecule has 0 saturated heterocycles. The van der Waals surface area contributed by atoms with E-state index in [-0.39, 0.29) is 22.5 Å². The predicted molar refractivity (Wildman–Crippen MR) is 79.9 cm³/mol. The van der Waals surface area contributed by atoms with Crippen molar-refractivity contribution in [3.8, 4) is 0 Å². The van der Waals surface area contributed by atoms with Crippen LogP contribution < -0.4 is 4.72 Å². The zero-order valence-electron chi connectivity index (χ0n) is 12.8. The van der Waals surface area contributed by atoms with Crippen LogP contribution in [0.1, 0.15) is 51.0 Å². The standard InChI is InChI=1S/C14H20N4O3S/c1-14(2,3)11-8-12(21-17-11)22(19,20)18-10-6-9(7-10)13-15-4-5-16-13/h4-5,8-10,18H,6-7H2,1-3H3,(H,15,16). The summed E-state index contributed by atoms with van der Waals surface area (Å²) in [5.41, 5.74) is 0.368. The zero-order valence-corrected chi connectivity index (χ0v) is 13.6. The Labute approximate surface area is 129 Å². The molecule has 0 amide bonds. The Morgan fingerprint density at radius 3 is 2.64 bits per heavy atom. The van der Waals surface area contributed by atoms with Gasteiger partial charge in [-0.2, -0.15) is 0 Å². The molecule has 1 saturated carbocycles. The van der Waals surface area contributed by atoms with Gasteiger partial charge in [-0.25, -0.2) is 18.1 Å². The lowest BCUT2D eigenvalue weighted by molar-refractivity contribution is 0.302. The van der Waals surface area contributed by atoms with Crippen LogP contribution in [0, 0.1) is 0 Å². The van der Waals surface area contributed by atoms with Crippen molar-refractivity contribution < 1.29 is 12.9 Å². The van der Waals surface area contributed by atoms with Gasteiger partial charge >= 0.3 is 0 Å². The Morgan fingerprint density at radius 2 is 2.09 bits per heavy atom. The summed E-state index contributed by atoms with van der Waals surface area (Å²) in [6.07, 6.45) is 4.94. The monoisotopic (exact) mass is 324 g/mol. The summed E-state index contributed by atoms with van der Waals surface area (Å²) in [6.45, 7) is 5.86. The van der Waals surface area contributed by atoms with Gasteiger partial charge in [0.05, 0.1) is 5.69 Å². The average Bonchev–Trinajstić information content (AvgIpc) is 3.03. The number of aromatic amines is 1. The minimum Gasteiger partial charge on any atom is -0.348 e. The summed E-state index contributed by atoms with van der Waals surface area (Å²) in [5, 5.41) is 3.73. The largest absolute Gasteiger partial charge is 0.348 e. The third kappa shape index (κ3) is 2.93. The molecule has 0 unspecified atom stereocenters. The van der Waals surface area contributed by atoms with Crippen LogP contribution in [0.25, 0.3) is 0 Å². The van der Waals surface area contributed by atoms with Gasteiger partial charge < -0.3 is 9.51 Å². The van der Waals surface area contributed by atoms with Crippen LogP contribution in [0.3, 0.4) is 0 Å². The predicted octanol–water partition coefficient (Wildman–Crippen LogP) is 1.92. The van der Waals surface area contributed by atoms with E-state index in [0.717, 1.165) is 18.7 Å². The summed E-state index contributed by atoms with van der Waals surface area (Å²) in [6, 6.07) is 1.40. The Morgan fingerprint density at radius 1 is 1.36 bits per heavy atom. The molecule has 0 atom stereocenters. The third-order valence-electron chi connectivity index (χ3n) is 3.89. The molecule has 8 heteroatoms. The first-order valence-corrected chi connectivity index (χ1v) is 8.73. The Balaban J connectivity index is 1.64. The normalized spacial score (nSPS) is 22.5. The molecule has 22 heavy (non-hydrogen) atoms. The maximum atomic E-state index is 12.3. The summed E-state index contributed by atoms with van der Waals surface area (Å²) < 4.78 is 32.3. The van der Waals surface area contributed by atoms with Crippen LogP contribution in [0.2, 0.25) is 0 Å². The van der Waals surface area contributed by atoms with Gasteiger partial charge in [0.1, 0.15) is 5.82 Å². The van der Waals surface area contributed by atoms with Gasteiger partial charge in [0.15, 0.2) is 0 Å². The van der Waals surface area contributed by atoms with Crippen molar-refractivity contribution in [3.63, 3.8) is 0 Å². The first-order chi connectivity index (χ1) is 10.3. The lowest BCUT2D eigenvalue weighted by Crippen LogP contribution is -2.43. The highest BCUT2D eigenvalue weighted by molar-refractivity contribution is 7.89. The Bertz CT molecular complexity index is 737. The van der Waals surface area contributed by atoms with Gasteiger partial charge in [-0.05, 0) is 12.8 Å². The molecule has 3 rings (SSSR count). The van der Waals surface area contributed by atoms with Crippen molar-refractivity contribution in [3.05, 3.63) is 30.0 Å². The van der Waals surface area contributed by atoms with Crippen LogP contribution in [-0.4, -0.2) is 29.6 Å². The van der Waals surface area contributed by atoms with E-state index in [9.17, 15) is 8.42 Å². The van der Waals surface area contributed by atoms with Crippen molar-refractivity contribution in [2.45, 2.75) is 56.1 Å². The van der Waals surface area contributed by atoms with Gasteiger partial charge in [0.2, 0.25) is 0 Å². The molecular weight excluding hydrogens is 304 g/mol. The summed E-state index contributed by atoms with van der Waals surface area (Å²) in [4.78, 5) is 7.25. The third-order valence-corrected chi connectivity index (χ3v) is 5.25. The zero-order chi connectivity index (χ0) is 16.0. The van der Waals surface area contributed by atoms with Crippen LogP contribution in [0.4, 0.5) is 0 Å². The second kappa shape index (κ2) is 5.20. The molecule has 0 spiro atoms. The van der Waals surface area contributed by atoms with Gasteiger partial charge in [-0.1, -0.05) is 25.9 Å². The van der Waals surface area contributed by atoms with E-state index in [1.165, 1.54) is 6.07 Å². The van der Waals surface area contributed by atoms with Gasteiger partial charge in [-0.3, -0.25) is 0 Å². The fourth-order valence-corrected chi connectivity index (χ4v) is 3.60. The molecule has 2 aromatic heterocycles. The first-order valence-electron chi connectivity index (χ1n) is 7.24. The number of H-pyrrole nitrogens is 1. The molecular formula is C14H20N4O3S. The molecule has 0 aromatic carbocycles. The smallest absolute Gasteiger partial charge is 0.277 e. The average molecular weight is 324 g/mol. The van der Waals surface area contributed by atoms with Crippen molar-refractivity contribution in [1.82, 2.24) is 19.8 Å². The van der Waals surface area contributed by atoms with Crippen LogP contribution >= 0.6 is 0 Å². The van der Waals surface area contributed by atoms with Crippen molar-refractivity contribution in [2.24, 2.45) is 0 Å². The number of rotatable bonds is 4. The topological polar surface area (TPSA) is 101 Å². The van der Waals surface area contributed by atoms with E-state index in [0.29, 0.717) is 5.69 Å². The summed E-state index contributed by atoms with van der Waals surface area (Å²) in [5.74, 6) is 1.19. The maximum absolute atomic E-state index is 12.3. The summed E-state index contributed by atoms with van der Waals surface area (Å²) >= 11 is 0. The fourth-order valence-electron chi connectivity index (χ4n) is 2.45. The van der Waals surface area contributed by atoms with Crippen molar-refractivity contribution in [2.75, 3.05) is 0 Å². The van der Waals surface area contributed by atoms with Crippen LogP contribution in [0.15, 0.2) is 28.1 Å². The number of nitrogens with one attached hydrogen (secondary N) is 2. The molecule has 0 radical (unpaired) electrons. The van der Waals surface area contributed by atoms with E-state index in [1.807, 2.05) is 20.8 Å². The fraction of sp³-hybridized carbons (Fsp3) is 0.571. The van der Waals surface area contributed by atoms with E-state index in [2.05, 4.69) is 19.8 Å². The molecule has 1 aliphatic rings. The maximum Gasteiger partial charge on any atom is 0.277 e. The van der Waals surface area contributed by atoms with Gasteiger partial charge in [-0.15, -0.1) is 0 Å². The van der Waals surface area contributed by atoms with E-state index in [4.69, 9.17) is 4.52 Å². The molecule has 2 heterocycles. The van der Waals surface area contributed by atoms with Crippen molar-refractivity contribution >= 4 is 10.0 Å². The molecule has 7 nitrogen and oxygen atoms in total. The lowest BCUT2D eigenvalue weighted by Gasteiger charge is -2.33.